The smallest absolute Gasteiger partial charge is 0.410 e. The van der Waals surface area contributed by atoms with Gasteiger partial charge >= 0.3 is 6.09 Å². The molecule has 1 amide bonds. The van der Waals surface area contributed by atoms with Crippen LogP contribution in [0.4, 0.5) is 4.79 Å². The highest BCUT2D eigenvalue weighted by molar-refractivity contribution is 5.79. The van der Waals surface area contributed by atoms with Crippen molar-refractivity contribution in [1.82, 2.24) is 4.90 Å². The van der Waals surface area contributed by atoms with Crippen molar-refractivity contribution in [1.29, 1.82) is 0 Å². The molecule has 0 radical (unpaired) electrons. The molecule has 2 aliphatic rings. The number of carbonyl (C=O) groups is 2. The lowest BCUT2D eigenvalue weighted by Crippen LogP contribution is -2.44. The fraction of sp³-hybridized carbons (Fsp3) is 0.857. The molecule has 4 nitrogen and oxygen atoms in total. The van der Waals surface area contributed by atoms with Crippen LogP contribution < -0.4 is 0 Å². The Morgan fingerprint density at radius 3 is 2.39 bits per heavy atom. The van der Waals surface area contributed by atoms with Crippen LogP contribution in [0.3, 0.4) is 0 Å². The topological polar surface area (TPSA) is 46.6 Å². The zero-order valence-corrected chi connectivity index (χ0v) is 11.8. The lowest BCUT2D eigenvalue weighted by molar-refractivity contribution is -0.127. The van der Waals surface area contributed by atoms with E-state index in [-0.39, 0.29) is 23.2 Å². The monoisotopic (exact) mass is 253 g/mol. The van der Waals surface area contributed by atoms with Crippen molar-refractivity contribution in [3.05, 3.63) is 0 Å². The van der Waals surface area contributed by atoms with Gasteiger partial charge in [0.15, 0.2) is 0 Å². The third-order valence-electron chi connectivity index (χ3n) is 4.02. The van der Waals surface area contributed by atoms with Crippen LogP contribution in [0.2, 0.25) is 0 Å². The SMILES string of the molecule is CC(=O)C1CC2(CCN(C(=O)OC(C)(C)C)C2)C1. The van der Waals surface area contributed by atoms with E-state index in [0.717, 1.165) is 32.4 Å². The van der Waals surface area contributed by atoms with E-state index in [9.17, 15) is 9.59 Å². The zero-order chi connectivity index (χ0) is 13.6. The molecule has 18 heavy (non-hydrogen) atoms. The lowest BCUT2D eigenvalue weighted by Gasteiger charge is -2.44. The Balaban J connectivity index is 1.86. The molecule has 0 aromatic carbocycles. The summed E-state index contributed by atoms with van der Waals surface area (Å²) in [6.07, 6.45) is 2.69. The first kappa shape index (κ1) is 13.4. The van der Waals surface area contributed by atoms with E-state index >= 15 is 0 Å². The van der Waals surface area contributed by atoms with Crippen molar-refractivity contribution in [2.75, 3.05) is 13.1 Å². The van der Waals surface area contributed by atoms with Crippen LogP contribution >= 0.6 is 0 Å². The standard InChI is InChI=1S/C14H23NO3/c1-10(16)11-7-14(8-11)5-6-15(9-14)12(17)18-13(2,3)4/h11H,5-9H2,1-4H3. The second-order valence-electron chi connectivity index (χ2n) is 6.87. The van der Waals surface area contributed by atoms with Gasteiger partial charge in [0.1, 0.15) is 11.4 Å². The lowest BCUT2D eigenvalue weighted by atomic mass is 9.60. The average Bonchev–Trinajstić information content (AvgIpc) is 2.56. The molecule has 2 fully saturated rings. The summed E-state index contributed by atoms with van der Waals surface area (Å²) in [7, 11) is 0. The number of nitrogens with zero attached hydrogens (tertiary/aromatic N) is 1. The predicted octanol–water partition coefficient (Wildman–Crippen LogP) is 2.61. The Kier molecular flexibility index (Phi) is 3.16. The maximum Gasteiger partial charge on any atom is 0.410 e. The van der Waals surface area contributed by atoms with Crippen molar-refractivity contribution in [3.63, 3.8) is 0 Å². The molecule has 0 aromatic heterocycles. The van der Waals surface area contributed by atoms with Crippen LogP contribution in [0.15, 0.2) is 0 Å². The van der Waals surface area contributed by atoms with Crippen LogP contribution in [0, 0.1) is 11.3 Å². The first-order valence-electron chi connectivity index (χ1n) is 6.69. The highest BCUT2D eigenvalue weighted by atomic mass is 16.6. The molecule has 4 heteroatoms. The van der Waals surface area contributed by atoms with Crippen LogP contribution in [-0.4, -0.2) is 35.5 Å². The average molecular weight is 253 g/mol. The Hall–Kier alpha value is -1.06. The van der Waals surface area contributed by atoms with Gasteiger partial charge < -0.3 is 9.64 Å². The fourth-order valence-electron chi connectivity index (χ4n) is 3.02. The fourth-order valence-corrected chi connectivity index (χ4v) is 3.02. The molecule has 1 spiro atoms. The summed E-state index contributed by atoms with van der Waals surface area (Å²) in [6, 6.07) is 0. The molecular formula is C14H23NO3. The number of carbonyl (C=O) groups excluding carboxylic acids is 2. The van der Waals surface area contributed by atoms with Crippen LogP contribution in [0.5, 0.6) is 0 Å². The largest absolute Gasteiger partial charge is 0.444 e. The van der Waals surface area contributed by atoms with E-state index in [1.807, 2.05) is 20.8 Å². The summed E-state index contributed by atoms with van der Waals surface area (Å²) in [6.45, 7) is 8.83. The summed E-state index contributed by atoms with van der Waals surface area (Å²) in [5.74, 6) is 0.514. The van der Waals surface area contributed by atoms with Crippen LogP contribution in [0.25, 0.3) is 0 Å². The highest BCUT2D eigenvalue weighted by Crippen LogP contribution is 2.52. The minimum absolute atomic E-state index is 0.202. The van der Waals surface area contributed by atoms with E-state index in [1.54, 1.807) is 11.8 Å². The maximum atomic E-state index is 11.9. The molecule has 0 bridgehead atoms. The van der Waals surface area contributed by atoms with Crippen LogP contribution in [0.1, 0.15) is 47.0 Å². The first-order valence-corrected chi connectivity index (χ1v) is 6.69. The van der Waals surface area contributed by atoms with Gasteiger partial charge in [0.05, 0.1) is 0 Å². The van der Waals surface area contributed by atoms with Gasteiger partial charge in [-0.25, -0.2) is 4.79 Å². The molecule has 1 heterocycles. The first-order chi connectivity index (χ1) is 8.21. The predicted molar refractivity (Wildman–Crippen MR) is 68.3 cm³/mol. The van der Waals surface area contributed by atoms with E-state index in [1.165, 1.54) is 0 Å². The Bertz CT molecular complexity index is 364. The van der Waals surface area contributed by atoms with E-state index in [4.69, 9.17) is 4.74 Å². The van der Waals surface area contributed by atoms with Crippen molar-refractivity contribution in [2.45, 2.75) is 52.6 Å². The third-order valence-corrected chi connectivity index (χ3v) is 4.02. The molecule has 0 unspecified atom stereocenters. The molecule has 2 rings (SSSR count). The van der Waals surface area contributed by atoms with E-state index in [0.29, 0.717) is 0 Å². The summed E-state index contributed by atoms with van der Waals surface area (Å²) in [5, 5.41) is 0. The second-order valence-corrected chi connectivity index (χ2v) is 6.87. The molecule has 1 aliphatic heterocycles. The molecule has 1 saturated heterocycles. The minimum Gasteiger partial charge on any atom is -0.444 e. The molecular weight excluding hydrogens is 230 g/mol. The molecule has 0 N–H and O–H groups in total. The van der Waals surface area contributed by atoms with Crippen molar-refractivity contribution >= 4 is 11.9 Å². The summed E-state index contributed by atoms with van der Waals surface area (Å²) < 4.78 is 5.38. The third kappa shape index (κ3) is 2.68. The Morgan fingerprint density at radius 2 is 1.89 bits per heavy atom. The molecule has 0 aromatic rings. The number of hydrogen-bond donors (Lipinski definition) is 0. The van der Waals surface area contributed by atoms with Crippen molar-refractivity contribution < 1.29 is 14.3 Å². The van der Waals surface area contributed by atoms with Crippen molar-refractivity contribution in [2.24, 2.45) is 11.3 Å². The van der Waals surface area contributed by atoms with Gasteiger partial charge in [0, 0.05) is 19.0 Å². The number of ether oxygens (including phenoxy) is 1. The minimum atomic E-state index is -0.436. The van der Waals surface area contributed by atoms with E-state index in [2.05, 4.69) is 0 Å². The zero-order valence-electron chi connectivity index (χ0n) is 11.8. The van der Waals surface area contributed by atoms with Gasteiger partial charge in [-0.05, 0) is 52.4 Å². The second kappa shape index (κ2) is 4.25. The Labute approximate surface area is 109 Å². The molecule has 0 atom stereocenters. The molecule has 1 aliphatic carbocycles. The van der Waals surface area contributed by atoms with Gasteiger partial charge in [0.25, 0.3) is 0 Å². The van der Waals surface area contributed by atoms with E-state index < -0.39 is 5.60 Å². The van der Waals surface area contributed by atoms with Gasteiger partial charge in [-0.1, -0.05) is 0 Å². The molecule has 1 saturated carbocycles. The summed E-state index contributed by atoms with van der Waals surface area (Å²) in [4.78, 5) is 25.0. The summed E-state index contributed by atoms with van der Waals surface area (Å²) in [5.41, 5.74) is -0.235. The number of ketones is 1. The van der Waals surface area contributed by atoms with Gasteiger partial charge in [0.2, 0.25) is 0 Å². The normalized spacial score (nSPS) is 31.3. The van der Waals surface area contributed by atoms with Gasteiger partial charge in [-0.2, -0.15) is 0 Å². The maximum absolute atomic E-state index is 11.9. The molecule has 102 valence electrons. The number of hydrogen-bond acceptors (Lipinski definition) is 3. The highest BCUT2D eigenvalue weighted by Gasteiger charge is 2.51. The number of amides is 1. The number of Topliss-reactive ketones (excluding diaryl/α,β-unsaturated/α-hetero) is 1. The van der Waals surface area contributed by atoms with Gasteiger partial charge in [-0.3, -0.25) is 4.79 Å². The van der Waals surface area contributed by atoms with Crippen molar-refractivity contribution in [3.8, 4) is 0 Å². The van der Waals surface area contributed by atoms with Crippen LogP contribution in [-0.2, 0) is 9.53 Å². The van der Waals surface area contributed by atoms with Gasteiger partial charge in [-0.15, -0.1) is 0 Å². The number of likely N-dealkylation sites (tertiary alicyclic amines) is 1. The Morgan fingerprint density at radius 1 is 1.28 bits per heavy atom. The summed E-state index contributed by atoms with van der Waals surface area (Å²) >= 11 is 0. The quantitative estimate of drug-likeness (QED) is 0.721. The number of rotatable bonds is 1.